The molecule has 0 aliphatic carbocycles. The average Bonchev–Trinajstić information content (AvgIpc) is 3.79. The topological polar surface area (TPSA) is 61.7 Å². The van der Waals surface area contributed by atoms with Gasteiger partial charge >= 0.3 is 0 Å². The van der Waals surface area contributed by atoms with Crippen LogP contribution in [0, 0.1) is 6.92 Å². The van der Waals surface area contributed by atoms with Crippen LogP contribution in [0.1, 0.15) is 65.7 Å². The number of rotatable bonds is 6. The second-order valence-electron chi connectivity index (χ2n) is 10.1. The highest BCUT2D eigenvalue weighted by atomic mass is 32.1. The maximum Gasteiger partial charge on any atom is 0.187 e. The third-order valence-corrected chi connectivity index (χ3v) is 11.5. The lowest BCUT2D eigenvalue weighted by Gasteiger charge is -2.25. The van der Waals surface area contributed by atoms with Crippen molar-refractivity contribution in [2.24, 2.45) is 0 Å². The summed E-state index contributed by atoms with van der Waals surface area (Å²) in [7, 11) is 0. The summed E-state index contributed by atoms with van der Waals surface area (Å²) in [6, 6.07) is 12.5. The number of hydrogen-bond donors (Lipinski definition) is 1. The summed E-state index contributed by atoms with van der Waals surface area (Å²) in [5.41, 5.74) is 1.25. The fraction of sp³-hybridized carbons (Fsp3) is 0.467. The van der Waals surface area contributed by atoms with Crippen LogP contribution in [-0.2, 0) is 13.2 Å². The van der Waals surface area contributed by atoms with Gasteiger partial charge in [0.15, 0.2) is 10.3 Å². The maximum absolute atomic E-state index is 9.05. The summed E-state index contributed by atoms with van der Waals surface area (Å²) in [5, 5.41) is 11.4. The Morgan fingerprint density at radius 1 is 0.775 bits per heavy atom. The number of thiazole rings is 2. The SMILES string of the molecule is C.Cc1ccc(OCc2cc3sc(N4CCCCC4)nc3s2)cc1.OCc1cc2sc(N3CCCCC3)nc2s1.[2HH].[2H][2H]. The molecule has 0 spiro atoms. The second kappa shape index (κ2) is 13.6. The van der Waals surface area contributed by atoms with Crippen LogP contribution in [-0.4, -0.2) is 41.3 Å². The van der Waals surface area contributed by atoms with Gasteiger partial charge in [-0.3, -0.25) is 0 Å². The van der Waals surface area contributed by atoms with Gasteiger partial charge in [0.25, 0.3) is 0 Å². The van der Waals surface area contributed by atoms with Crippen LogP contribution < -0.4 is 14.5 Å². The highest BCUT2D eigenvalue weighted by molar-refractivity contribution is 7.29. The van der Waals surface area contributed by atoms with Gasteiger partial charge in [0.1, 0.15) is 22.0 Å². The van der Waals surface area contributed by atoms with E-state index in [4.69, 9.17) is 17.8 Å². The third kappa shape index (κ3) is 6.97. The van der Waals surface area contributed by atoms with Crippen molar-refractivity contribution in [1.82, 2.24) is 9.97 Å². The van der Waals surface area contributed by atoms with Crippen molar-refractivity contribution in [3.63, 3.8) is 0 Å². The van der Waals surface area contributed by atoms with Gasteiger partial charge in [-0.1, -0.05) is 47.8 Å². The highest BCUT2D eigenvalue weighted by Crippen LogP contribution is 2.37. The minimum absolute atomic E-state index is 0. The molecule has 0 bridgehead atoms. The molecule has 6 nitrogen and oxygen atoms in total. The van der Waals surface area contributed by atoms with E-state index in [0.717, 1.165) is 51.6 Å². The molecule has 10 heteroatoms. The van der Waals surface area contributed by atoms with Gasteiger partial charge in [-0.15, -0.1) is 22.7 Å². The van der Waals surface area contributed by atoms with E-state index >= 15 is 0 Å². The first-order valence-electron chi connectivity index (χ1n) is 14.7. The Labute approximate surface area is 257 Å². The Balaban J connectivity index is 0.000000224. The first-order chi connectivity index (χ1) is 20.1. The number of aromatic nitrogens is 2. The molecular weight excluding hydrogens is 577 g/mol. The summed E-state index contributed by atoms with van der Waals surface area (Å²) < 4.78 is 18.4. The van der Waals surface area contributed by atoms with Crippen molar-refractivity contribution in [3.05, 3.63) is 51.7 Å². The number of fused-ring (bicyclic) bond motifs is 2. The van der Waals surface area contributed by atoms with E-state index < -0.39 is 0 Å². The van der Waals surface area contributed by atoms with E-state index in [1.807, 2.05) is 23.5 Å². The number of aryl methyl sites for hydroxylation is 1. The predicted molar refractivity (Wildman–Crippen MR) is 180 cm³/mol. The van der Waals surface area contributed by atoms with Crippen LogP contribution in [0.5, 0.6) is 5.75 Å². The van der Waals surface area contributed by atoms with E-state index in [1.54, 1.807) is 34.0 Å². The molecular formula is C30H42N4O2S4. The molecule has 6 heterocycles. The molecule has 7 rings (SSSR count). The zero-order valence-electron chi connectivity index (χ0n) is 24.2. The molecule has 0 amide bonds. The summed E-state index contributed by atoms with van der Waals surface area (Å²) in [5.74, 6) is 0.925. The summed E-state index contributed by atoms with van der Waals surface area (Å²) in [6.45, 7) is 7.45. The molecule has 2 saturated heterocycles. The largest absolute Gasteiger partial charge is 0.488 e. The fourth-order valence-electron chi connectivity index (χ4n) is 4.92. The molecule has 2 aliphatic heterocycles. The number of nitrogens with zero attached hydrogens (tertiary/aromatic N) is 4. The van der Waals surface area contributed by atoms with Crippen molar-refractivity contribution in [1.29, 1.82) is 0 Å². The number of hydrogen-bond acceptors (Lipinski definition) is 10. The summed E-state index contributed by atoms with van der Waals surface area (Å²) in [4.78, 5) is 18.8. The quantitative estimate of drug-likeness (QED) is 0.204. The molecule has 0 atom stereocenters. The standard InChI is InChI=1S/C18H20N2OS2.C11H14N2OS2.CH4.2H2/c1-13-5-7-14(8-6-13)21-12-15-11-16-17(22-15)19-18(23-16)20-9-3-2-4-10-20;14-7-8-6-9-10(15-8)12-11(16-9)13-4-2-1-3-5-13;;;/h5-8,11H,2-4,9-10,12H2,1H3;6,14H,1-5,7H2;1H4;2*1H/i;;;1+1D;1+1. The number of piperidine rings is 2. The number of benzene rings is 1. The van der Waals surface area contributed by atoms with Gasteiger partial charge in [0.2, 0.25) is 0 Å². The molecule has 40 heavy (non-hydrogen) atoms. The Bertz CT molecular complexity index is 1440. The van der Waals surface area contributed by atoms with Gasteiger partial charge in [-0.25, -0.2) is 9.97 Å². The predicted octanol–water partition coefficient (Wildman–Crippen LogP) is 9.20. The molecule has 4 aromatic heterocycles. The van der Waals surface area contributed by atoms with Gasteiger partial charge in [-0.05, 0) is 69.7 Å². The lowest BCUT2D eigenvalue weighted by atomic mass is 10.1. The Hall–Kier alpha value is -2.24. The number of ether oxygens (including phenoxy) is 1. The van der Waals surface area contributed by atoms with Crippen molar-refractivity contribution >= 4 is 74.7 Å². The zero-order valence-corrected chi connectivity index (χ0v) is 25.5. The maximum atomic E-state index is 9.05. The molecule has 0 radical (unpaired) electrons. The van der Waals surface area contributed by atoms with Crippen LogP contribution in [0.15, 0.2) is 36.4 Å². The molecule has 1 aromatic carbocycles. The lowest BCUT2D eigenvalue weighted by Crippen LogP contribution is -2.29. The van der Waals surface area contributed by atoms with Gasteiger partial charge in [-0.2, -0.15) is 0 Å². The Kier molecular flexibility index (Phi) is 9.50. The van der Waals surface area contributed by atoms with Crippen LogP contribution >= 0.6 is 45.3 Å². The molecule has 5 aromatic rings. The van der Waals surface area contributed by atoms with E-state index in [2.05, 4.69) is 46.0 Å². The van der Waals surface area contributed by atoms with Crippen molar-refractivity contribution in [3.8, 4) is 5.75 Å². The van der Waals surface area contributed by atoms with Gasteiger partial charge in [0, 0.05) is 40.3 Å². The first kappa shape index (κ1) is 27.9. The smallest absolute Gasteiger partial charge is 0.187 e. The molecule has 218 valence electrons. The van der Waals surface area contributed by atoms with Crippen LogP contribution in [0.25, 0.3) is 19.1 Å². The van der Waals surface area contributed by atoms with Crippen LogP contribution in [0.2, 0.25) is 0 Å². The van der Waals surface area contributed by atoms with Crippen LogP contribution in [0.4, 0.5) is 10.3 Å². The normalized spacial score (nSPS) is 15.8. The van der Waals surface area contributed by atoms with Crippen molar-refractivity contribution < 1.29 is 14.2 Å². The molecule has 1 N–H and O–H groups in total. The second-order valence-corrected chi connectivity index (χ2v) is 14.4. The molecule has 2 fully saturated rings. The molecule has 0 saturated carbocycles. The zero-order chi connectivity index (χ0) is 28.6. The number of thiophene rings is 2. The van der Waals surface area contributed by atoms with Crippen LogP contribution in [0.3, 0.4) is 0 Å². The average molecular weight is 622 g/mol. The highest BCUT2D eigenvalue weighted by Gasteiger charge is 2.18. The summed E-state index contributed by atoms with van der Waals surface area (Å²) in [6.07, 6.45) is 7.87. The fourth-order valence-corrected chi connectivity index (χ4v) is 9.26. The van der Waals surface area contributed by atoms with E-state index in [1.165, 1.54) is 63.5 Å². The van der Waals surface area contributed by atoms with Gasteiger partial charge < -0.3 is 19.6 Å². The Morgan fingerprint density at radius 2 is 1.27 bits per heavy atom. The number of anilines is 2. The summed E-state index contributed by atoms with van der Waals surface area (Å²) >= 11 is 6.93. The van der Waals surface area contributed by atoms with Gasteiger partial charge in [0.05, 0.1) is 16.0 Å². The minimum atomic E-state index is 0. The minimum Gasteiger partial charge on any atom is -0.488 e. The van der Waals surface area contributed by atoms with E-state index in [9.17, 15) is 0 Å². The van der Waals surface area contributed by atoms with Crippen molar-refractivity contribution in [2.45, 2.75) is 66.1 Å². The third-order valence-electron chi connectivity index (χ3n) is 7.07. The lowest BCUT2D eigenvalue weighted by molar-refractivity contribution is 0.285. The van der Waals surface area contributed by atoms with E-state index in [0.29, 0.717) is 6.61 Å². The number of aliphatic hydroxyl groups excluding tert-OH is 1. The monoisotopic (exact) mass is 621 g/mol. The van der Waals surface area contributed by atoms with E-state index in [-0.39, 0.29) is 15.5 Å². The van der Waals surface area contributed by atoms with Crippen molar-refractivity contribution in [2.75, 3.05) is 36.0 Å². The number of aliphatic hydroxyl groups is 1. The molecule has 2 aliphatic rings. The first-order valence-corrected chi connectivity index (χ1v) is 17.0. The molecule has 0 unspecified atom stereocenters. The Morgan fingerprint density at radius 3 is 1.77 bits per heavy atom.